The molecular weight excluding hydrogens is 452 g/mol. The van der Waals surface area contributed by atoms with E-state index in [9.17, 15) is 13.2 Å². The molecule has 2 aliphatic heterocycles. The van der Waals surface area contributed by atoms with Gasteiger partial charge in [-0.2, -0.15) is 13.5 Å². The van der Waals surface area contributed by atoms with Crippen molar-refractivity contribution in [2.45, 2.75) is 4.90 Å². The number of piperazine rings is 1. The van der Waals surface area contributed by atoms with Gasteiger partial charge < -0.3 is 25.0 Å². The van der Waals surface area contributed by atoms with Gasteiger partial charge in [-0.25, -0.2) is 4.98 Å². The summed E-state index contributed by atoms with van der Waals surface area (Å²) in [4.78, 5) is 28.8. The van der Waals surface area contributed by atoms with E-state index >= 15 is 0 Å². The van der Waals surface area contributed by atoms with Crippen LogP contribution in [0.15, 0.2) is 41.4 Å². The number of likely N-dealkylation sites (N-methyl/N-ethyl adjacent to an activating group) is 1. The molecule has 1 amide bonds. The summed E-state index contributed by atoms with van der Waals surface area (Å²) in [6, 6.07) is 8.04. The van der Waals surface area contributed by atoms with E-state index in [1.54, 1.807) is 0 Å². The quantitative estimate of drug-likeness (QED) is 0.513. The fourth-order valence-electron chi connectivity index (χ4n) is 3.58. The van der Waals surface area contributed by atoms with Gasteiger partial charge in [-0.05, 0) is 31.3 Å². The van der Waals surface area contributed by atoms with Crippen LogP contribution < -0.4 is 15.0 Å². The first kappa shape index (κ1) is 22.5. The second kappa shape index (κ2) is 9.03. The third-order valence-corrected chi connectivity index (χ3v) is 6.88. The normalized spacial score (nSPS) is 16.3. The molecule has 3 aromatic rings. The summed E-state index contributed by atoms with van der Waals surface area (Å²) in [5.74, 6) is 0.749. The zero-order valence-corrected chi connectivity index (χ0v) is 18.5. The zero-order chi connectivity index (χ0) is 23.6. The van der Waals surface area contributed by atoms with Crippen molar-refractivity contribution >= 4 is 44.9 Å². The molecule has 0 bridgehead atoms. The van der Waals surface area contributed by atoms with Gasteiger partial charge in [0.2, 0.25) is 0 Å². The Morgan fingerprint density at radius 2 is 1.88 bits per heavy atom. The highest BCUT2D eigenvalue weighted by Gasteiger charge is 2.25. The summed E-state index contributed by atoms with van der Waals surface area (Å²) in [7, 11) is -1.93. The van der Waals surface area contributed by atoms with Crippen molar-refractivity contribution in [3.8, 4) is 5.75 Å². The van der Waals surface area contributed by atoms with Crippen LogP contribution in [0.4, 0.5) is 11.5 Å². The van der Waals surface area contributed by atoms with Crippen LogP contribution in [0.1, 0.15) is 0 Å². The molecule has 2 N–H and O–H groups in total. The van der Waals surface area contributed by atoms with E-state index in [2.05, 4.69) is 32.2 Å². The smallest absolute Gasteiger partial charge is 0.290 e. The molecular formula is C20H22N6O6S. The van der Waals surface area contributed by atoms with Crippen molar-refractivity contribution in [2.24, 2.45) is 0 Å². The van der Waals surface area contributed by atoms with Crippen molar-refractivity contribution in [1.82, 2.24) is 19.1 Å². The van der Waals surface area contributed by atoms with E-state index in [1.165, 1.54) is 24.4 Å². The average Bonchev–Trinajstić information content (AvgIpc) is 3.24. The van der Waals surface area contributed by atoms with Crippen LogP contribution in [0.2, 0.25) is 0 Å². The second-order valence-electron chi connectivity index (χ2n) is 7.47. The Labute approximate surface area is 189 Å². The molecule has 174 valence electrons. The number of rotatable bonds is 3. The number of carboxylic acid groups (broad SMARTS) is 1. The maximum Gasteiger partial charge on any atom is 0.290 e. The molecule has 0 atom stereocenters. The molecule has 1 aromatic carbocycles. The molecule has 2 aliphatic rings. The Bertz CT molecular complexity index is 1300. The monoisotopic (exact) mass is 474 g/mol. The van der Waals surface area contributed by atoms with Gasteiger partial charge in [-0.1, -0.05) is 0 Å². The predicted octanol–water partition coefficient (Wildman–Crippen LogP) is 0.452. The Hall–Kier alpha value is -3.71. The van der Waals surface area contributed by atoms with Crippen LogP contribution in [0.5, 0.6) is 5.75 Å². The Morgan fingerprint density at radius 1 is 1.15 bits per heavy atom. The largest absolute Gasteiger partial charge is 0.483 e. The standard InChI is InChI=1S/C19H20N6O4S.CH2O2/c1-23-6-8-24(9-7-23)17-5-2-13-11-20-25(19(13)22-17)30(27,28)14-3-4-15-16(10-14)29-12-18(26)21-15;2-1-3/h2-5,10-11H,6-9,12H2,1H3,(H,21,26);1H,(H,2,3). The van der Waals surface area contributed by atoms with Crippen LogP contribution in [0, 0.1) is 0 Å². The highest BCUT2D eigenvalue weighted by molar-refractivity contribution is 7.90. The molecule has 1 fully saturated rings. The predicted molar refractivity (Wildman–Crippen MR) is 119 cm³/mol. The number of pyridine rings is 1. The van der Waals surface area contributed by atoms with Gasteiger partial charge in [-0.3, -0.25) is 9.59 Å². The molecule has 12 nitrogen and oxygen atoms in total. The molecule has 2 aromatic heterocycles. The third-order valence-electron chi connectivity index (χ3n) is 5.31. The van der Waals surface area contributed by atoms with E-state index in [-0.39, 0.29) is 29.5 Å². The molecule has 4 heterocycles. The average molecular weight is 474 g/mol. The Balaban J connectivity index is 0.000000821. The number of carbonyl (C=O) groups excluding carboxylic acids is 1. The lowest BCUT2D eigenvalue weighted by Gasteiger charge is -2.33. The fourth-order valence-corrected chi connectivity index (χ4v) is 4.82. The summed E-state index contributed by atoms with van der Waals surface area (Å²) in [5.41, 5.74) is 0.712. The van der Waals surface area contributed by atoms with Crippen LogP contribution >= 0.6 is 0 Å². The molecule has 1 saturated heterocycles. The minimum Gasteiger partial charge on any atom is -0.483 e. The lowest BCUT2D eigenvalue weighted by Crippen LogP contribution is -2.44. The number of fused-ring (bicyclic) bond motifs is 2. The van der Waals surface area contributed by atoms with E-state index in [4.69, 9.17) is 14.6 Å². The van der Waals surface area contributed by atoms with Crippen molar-refractivity contribution in [3.05, 3.63) is 36.5 Å². The minimum atomic E-state index is -4.00. The first-order valence-corrected chi connectivity index (χ1v) is 11.5. The van der Waals surface area contributed by atoms with Crippen LogP contribution in [-0.4, -0.2) is 84.8 Å². The van der Waals surface area contributed by atoms with Gasteiger partial charge >= 0.3 is 0 Å². The molecule has 0 unspecified atom stereocenters. The molecule has 0 spiro atoms. The fraction of sp³-hybridized carbons (Fsp3) is 0.300. The molecule has 0 radical (unpaired) electrons. The zero-order valence-electron chi connectivity index (χ0n) is 17.7. The van der Waals surface area contributed by atoms with Crippen molar-refractivity contribution in [2.75, 3.05) is 50.1 Å². The van der Waals surface area contributed by atoms with E-state index < -0.39 is 10.0 Å². The number of hydrogen-bond donors (Lipinski definition) is 2. The van der Waals surface area contributed by atoms with Gasteiger partial charge in [-0.15, -0.1) is 4.09 Å². The molecule has 33 heavy (non-hydrogen) atoms. The lowest BCUT2D eigenvalue weighted by molar-refractivity contribution is -0.123. The summed E-state index contributed by atoms with van der Waals surface area (Å²) < 4.78 is 32.9. The number of nitrogens with one attached hydrogen (secondary N) is 1. The number of nitrogens with zero attached hydrogens (tertiary/aromatic N) is 5. The van der Waals surface area contributed by atoms with Crippen molar-refractivity contribution in [3.63, 3.8) is 0 Å². The van der Waals surface area contributed by atoms with Crippen LogP contribution in [-0.2, 0) is 19.6 Å². The van der Waals surface area contributed by atoms with E-state index in [0.717, 1.165) is 36.1 Å². The number of carbonyl (C=O) groups is 2. The highest BCUT2D eigenvalue weighted by Crippen LogP contribution is 2.31. The number of ether oxygens (including phenoxy) is 1. The topological polar surface area (TPSA) is 147 Å². The minimum absolute atomic E-state index is 0.00852. The van der Waals surface area contributed by atoms with E-state index in [1.807, 2.05) is 12.1 Å². The maximum atomic E-state index is 13.3. The van der Waals surface area contributed by atoms with Crippen molar-refractivity contribution < 1.29 is 27.9 Å². The Kier molecular flexibility index (Phi) is 6.16. The first-order valence-electron chi connectivity index (χ1n) is 10.0. The number of hydrogen-bond acceptors (Lipinski definition) is 9. The third kappa shape index (κ3) is 4.45. The summed E-state index contributed by atoms with van der Waals surface area (Å²) in [5, 5.41) is 14.3. The molecule has 13 heteroatoms. The van der Waals surface area contributed by atoms with Gasteiger partial charge in [0.1, 0.15) is 11.6 Å². The summed E-state index contributed by atoms with van der Waals surface area (Å²) in [6.07, 6.45) is 1.49. The molecule has 0 saturated carbocycles. The summed E-state index contributed by atoms with van der Waals surface area (Å²) in [6.45, 7) is 3.08. The number of benzene rings is 1. The maximum absolute atomic E-state index is 13.3. The second-order valence-corrected chi connectivity index (χ2v) is 9.23. The lowest BCUT2D eigenvalue weighted by atomic mass is 10.2. The van der Waals surface area contributed by atoms with Gasteiger partial charge in [0.25, 0.3) is 22.4 Å². The Morgan fingerprint density at radius 3 is 2.61 bits per heavy atom. The molecule has 5 rings (SSSR count). The van der Waals surface area contributed by atoms with Crippen LogP contribution in [0.3, 0.4) is 0 Å². The van der Waals surface area contributed by atoms with Gasteiger partial charge in [0.15, 0.2) is 12.3 Å². The van der Waals surface area contributed by atoms with Crippen molar-refractivity contribution in [1.29, 1.82) is 0 Å². The first-order chi connectivity index (χ1) is 15.8. The summed E-state index contributed by atoms with van der Waals surface area (Å²) >= 11 is 0. The molecule has 0 aliphatic carbocycles. The number of aromatic nitrogens is 3. The SMILES string of the molecule is CN1CCN(c2ccc3cnn(S(=O)(=O)c4ccc5c(c4)OCC(=O)N5)c3n2)CC1.O=CO. The highest BCUT2D eigenvalue weighted by atomic mass is 32.2. The van der Waals surface area contributed by atoms with E-state index in [0.29, 0.717) is 16.8 Å². The number of amides is 1. The van der Waals surface area contributed by atoms with Gasteiger partial charge in [0.05, 0.1) is 16.8 Å². The van der Waals surface area contributed by atoms with Gasteiger partial charge in [0, 0.05) is 37.6 Å². The van der Waals surface area contributed by atoms with Crippen LogP contribution in [0.25, 0.3) is 11.0 Å². The number of anilines is 2.